The smallest absolute Gasteiger partial charge is 0.306 e. The van der Waals surface area contributed by atoms with Crippen molar-refractivity contribution in [3.8, 4) is 0 Å². The average molecular weight is 1070 g/mol. The molecule has 0 aliphatic heterocycles. The summed E-state index contributed by atoms with van der Waals surface area (Å²) in [7, 11) is 0. The maximum atomic E-state index is 12.8. The van der Waals surface area contributed by atoms with E-state index in [0.29, 0.717) is 19.3 Å². The molecule has 0 spiro atoms. The molecule has 0 heterocycles. The zero-order valence-corrected chi connectivity index (χ0v) is 49.9. The third-order valence-electron chi connectivity index (χ3n) is 13.1. The summed E-state index contributed by atoms with van der Waals surface area (Å²) < 4.78 is 16.8. The van der Waals surface area contributed by atoms with Crippen LogP contribution in [0.4, 0.5) is 0 Å². The highest BCUT2D eigenvalue weighted by molar-refractivity contribution is 5.71. The molecule has 0 amide bonds. The molecule has 1 unspecified atom stereocenters. The molecule has 0 N–H and O–H groups in total. The van der Waals surface area contributed by atoms with Crippen molar-refractivity contribution < 1.29 is 28.6 Å². The lowest BCUT2D eigenvalue weighted by atomic mass is 10.0. The fraction of sp³-hybridized carbons (Fsp3) is 0.648. The number of carbonyl (C=O) groups excluding carboxylic acids is 3. The quantitative estimate of drug-likeness (QED) is 0.0261. The Hall–Kier alpha value is -4.45. The highest BCUT2D eigenvalue weighted by atomic mass is 16.6. The third kappa shape index (κ3) is 62.3. The number of allylic oxidation sites excluding steroid dienone is 22. The molecule has 0 aromatic rings. The molecule has 0 aliphatic rings. The van der Waals surface area contributed by atoms with Crippen molar-refractivity contribution in [1.82, 2.24) is 0 Å². The maximum Gasteiger partial charge on any atom is 0.306 e. The Labute approximate surface area is 475 Å². The second-order valence-electron chi connectivity index (χ2n) is 20.5. The Balaban J connectivity index is 4.23. The van der Waals surface area contributed by atoms with Crippen LogP contribution >= 0.6 is 0 Å². The summed E-state index contributed by atoms with van der Waals surface area (Å²) in [5.41, 5.74) is 0. The molecule has 436 valence electrons. The second-order valence-corrected chi connectivity index (χ2v) is 20.5. The maximum absolute atomic E-state index is 12.8. The van der Waals surface area contributed by atoms with E-state index in [1.165, 1.54) is 103 Å². The fourth-order valence-corrected chi connectivity index (χ4v) is 8.50. The van der Waals surface area contributed by atoms with Gasteiger partial charge in [0.05, 0.1) is 0 Å². The molecule has 0 bridgehead atoms. The SMILES string of the molecule is CC/C=C\C/C=C\C/C=C\C/C=C\CCCCCCCCCCCCCCCCCCCCC(=O)OCC(COC(=O)CCCCC/C=C\C/C=C\C/C=C\CC)OC(=O)CCCC/C=C\C/C=C\C/C=C\C/C=C\CC. The molecule has 0 aromatic heterocycles. The molecule has 1 atom stereocenters. The Morgan fingerprint density at radius 3 is 0.766 bits per heavy atom. The monoisotopic (exact) mass is 1060 g/mol. The number of ether oxygens (including phenoxy) is 3. The van der Waals surface area contributed by atoms with Crippen LogP contribution in [0.3, 0.4) is 0 Å². The standard InChI is InChI=1S/C71H116O6/c1-4-7-10-13-16-19-22-25-27-28-29-30-31-32-33-34-35-36-37-38-39-40-41-42-44-46-49-52-55-58-61-64-70(73)76-67-68(66-75-69(72)63-60-57-54-51-48-45-24-21-18-15-12-9-6-3)77-71(74)65-62-59-56-53-50-47-43-26-23-20-17-14-11-8-5-2/h7-12,16-21,25-27,29-30,43,45,48,50,53,68H,4-6,13-15,22-24,28,31-42,44,46-47,49,51-52,54-67H2,1-3H3/b10-7-,11-8-,12-9-,19-16-,20-17-,21-18-,27-25-,30-29-,43-26-,48-45-,53-50-. The zero-order valence-electron chi connectivity index (χ0n) is 49.9. The fourth-order valence-electron chi connectivity index (χ4n) is 8.50. The highest BCUT2D eigenvalue weighted by Gasteiger charge is 2.19. The van der Waals surface area contributed by atoms with Crippen LogP contribution in [0, 0.1) is 0 Å². The predicted molar refractivity (Wildman–Crippen MR) is 334 cm³/mol. The van der Waals surface area contributed by atoms with E-state index in [2.05, 4.69) is 154 Å². The van der Waals surface area contributed by atoms with Crippen LogP contribution in [-0.4, -0.2) is 37.2 Å². The zero-order chi connectivity index (χ0) is 55.7. The van der Waals surface area contributed by atoms with Crippen molar-refractivity contribution in [2.24, 2.45) is 0 Å². The van der Waals surface area contributed by atoms with Crippen molar-refractivity contribution in [2.75, 3.05) is 13.2 Å². The lowest BCUT2D eigenvalue weighted by Crippen LogP contribution is -2.30. The molecule has 0 aromatic carbocycles. The van der Waals surface area contributed by atoms with E-state index in [0.717, 1.165) is 128 Å². The molecule has 0 saturated heterocycles. The summed E-state index contributed by atoms with van der Waals surface area (Å²) in [6.07, 6.45) is 90.5. The van der Waals surface area contributed by atoms with Gasteiger partial charge < -0.3 is 14.2 Å². The van der Waals surface area contributed by atoms with Crippen LogP contribution in [0.25, 0.3) is 0 Å². The molecular weight excluding hydrogens is 949 g/mol. The highest BCUT2D eigenvalue weighted by Crippen LogP contribution is 2.16. The molecule has 6 nitrogen and oxygen atoms in total. The number of carbonyl (C=O) groups is 3. The van der Waals surface area contributed by atoms with Gasteiger partial charge in [-0.25, -0.2) is 0 Å². The van der Waals surface area contributed by atoms with Crippen molar-refractivity contribution in [3.63, 3.8) is 0 Å². The van der Waals surface area contributed by atoms with E-state index in [9.17, 15) is 14.4 Å². The summed E-state index contributed by atoms with van der Waals surface area (Å²) in [5, 5.41) is 0. The van der Waals surface area contributed by atoms with E-state index in [-0.39, 0.29) is 37.5 Å². The van der Waals surface area contributed by atoms with Gasteiger partial charge in [0.25, 0.3) is 0 Å². The number of unbranched alkanes of at least 4 members (excludes halogenated alkanes) is 23. The molecule has 0 radical (unpaired) electrons. The van der Waals surface area contributed by atoms with Gasteiger partial charge in [0.2, 0.25) is 0 Å². The van der Waals surface area contributed by atoms with Crippen molar-refractivity contribution in [2.45, 2.75) is 284 Å². The molecule has 0 saturated carbocycles. The first-order valence-electron chi connectivity index (χ1n) is 31.7. The van der Waals surface area contributed by atoms with Crippen molar-refractivity contribution in [3.05, 3.63) is 134 Å². The minimum absolute atomic E-state index is 0.106. The number of hydrogen-bond donors (Lipinski definition) is 0. The van der Waals surface area contributed by atoms with Crippen molar-refractivity contribution in [1.29, 1.82) is 0 Å². The van der Waals surface area contributed by atoms with Gasteiger partial charge in [-0.3, -0.25) is 14.4 Å². The van der Waals surface area contributed by atoms with Crippen LogP contribution in [-0.2, 0) is 28.6 Å². The summed E-state index contributed by atoms with van der Waals surface area (Å²) >= 11 is 0. The van der Waals surface area contributed by atoms with Crippen LogP contribution in [0.15, 0.2) is 134 Å². The van der Waals surface area contributed by atoms with E-state index in [1.807, 2.05) is 0 Å². The first kappa shape index (κ1) is 72.5. The summed E-state index contributed by atoms with van der Waals surface area (Å²) in [6, 6.07) is 0. The topological polar surface area (TPSA) is 78.9 Å². The molecule has 77 heavy (non-hydrogen) atoms. The first-order valence-corrected chi connectivity index (χ1v) is 31.7. The van der Waals surface area contributed by atoms with Gasteiger partial charge in [-0.15, -0.1) is 0 Å². The molecule has 6 heteroatoms. The van der Waals surface area contributed by atoms with Gasteiger partial charge in [-0.2, -0.15) is 0 Å². The van der Waals surface area contributed by atoms with E-state index in [1.54, 1.807) is 0 Å². The normalized spacial score (nSPS) is 13.0. The Bertz CT molecular complexity index is 1650. The number of hydrogen-bond acceptors (Lipinski definition) is 6. The Morgan fingerprint density at radius 2 is 0.468 bits per heavy atom. The van der Waals surface area contributed by atoms with Gasteiger partial charge >= 0.3 is 17.9 Å². The molecule has 0 aliphatic carbocycles. The molecular formula is C71H116O6. The van der Waals surface area contributed by atoms with E-state index < -0.39 is 6.10 Å². The van der Waals surface area contributed by atoms with Gasteiger partial charge in [-0.1, -0.05) is 264 Å². The van der Waals surface area contributed by atoms with Gasteiger partial charge in [0, 0.05) is 19.3 Å². The number of rotatable bonds is 56. The third-order valence-corrected chi connectivity index (χ3v) is 13.1. The summed E-state index contributed by atoms with van der Waals surface area (Å²) in [6.45, 7) is 6.24. The first-order chi connectivity index (χ1) is 38.0. The van der Waals surface area contributed by atoms with Crippen LogP contribution in [0.2, 0.25) is 0 Å². The second kappa shape index (κ2) is 64.1. The van der Waals surface area contributed by atoms with E-state index in [4.69, 9.17) is 14.2 Å². The van der Waals surface area contributed by atoms with Crippen LogP contribution in [0.1, 0.15) is 278 Å². The number of esters is 3. The lowest BCUT2D eigenvalue weighted by Gasteiger charge is -2.18. The van der Waals surface area contributed by atoms with Crippen LogP contribution in [0.5, 0.6) is 0 Å². The summed E-state index contributed by atoms with van der Waals surface area (Å²) in [5.74, 6) is -0.977. The van der Waals surface area contributed by atoms with Gasteiger partial charge in [0.1, 0.15) is 13.2 Å². The van der Waals surface area contributed by atoms with E-state index >= 15 is 0 Å². The van der Waals surface area contributed by atoms with Crippen molar-refractivity contribution >= 4 is 17.9 Å². The largest absolute Gasteiger partial charge is 0.462 e. The summed E-state index contributed by atoms with van der Waals surface area (Å²) in [4.78, 5) is 38.2. The minimum atomic E-state index is -0.815. The Kier molecular flexibility index (Phi) is 60.4. The average Bonchev–Trinajstić information content (AvgIpc) is 3.43. The molecule has 0 rings (SSSR count). The minimum Gasteiger partial charge on any atom is -0.462 e. The molecule has 0 fully saturated rings. The predicted octanol–water partition coefficient (Wildman–Crippen LogP) is 21.8. The lowest BCUT2D eigenvalue weighted by molar-refractivity contribution is -0.167. The van der Waals surface area contributed by atoms with Gasteiger partial charge in [-0.05, 0) is 128 Å². The van der Waals surface area contributed by atoms with Gasteiger partial charge in [0.15, 0.2) is 6.10 Å². The Morgan fingerprint density at radius 1 is 0.260 bits per heavy atom. The van der Waals surface area contributed by atoms with Crippen LogP contribution < -0.4 is 0 Å².